The van der Waals surface area contributed by atoms with Gasteiger partial charge in [0.25, 0.3) is 5.91 Å². The highest BCUT2D eigenvalue weighted by molar-refractivity contribution is 9.10. The first-order valence-corrected chi connectivity index (χ1v) is 12.4. The van der Waals surface area contributed by atoms with E-state index < -0.39 is 5.97 Å². The number of nitrogens with zero attached hydrogens (tertiary/aromatic N) is 4. The van der Waals surface area contributed by atoms with Crippen LogP contribution >= 0.6 is 15.9 Å². The van der Waals surface area contributed by atoms with Crippen LogP contribution in [0.4, 0.5) is 5.95 Å². The third-order valence-electron chi connectivity index (χ3n) is 5.88. The number of amides is 1. The van der Waals surface area contributed by atoms with E-state index in [9.17, 15) is 9.59 Å². The molecule has 188 valence electrons. The maximum Gasteiger partial charge on any atom is 0.338 e. The van der Waals surface area contributed by atoms with Gasteiger partial charge in [0.2, 0.25) is 5.95 Å². The Morgan fingerprint density at radius 3 is 2.50 bits per heavy atom. The van der Waals surface area contributed by atoms with Crippen LogP contribution in [0, 0.1) is 6.92 Å². The number of carbonyl (C=O) groups excluding carboxylic acids is 2. The number of carbonyl (C=O) groups is 2. The number of imidazole rings is 1. The van der Waals surface area contributed by atoms with Crippen molar-refractivity contribution >= 4 is 44.8 Å². The summed E-state index contributed by atoms with van der Waals surface area (Å²) in [6, 6.07) is 12.7. The molecule has 1 unspecified atom stereocenters. The van der Waals surface area contributed by atoms with Crippen LogP contribution in [0.15, 0.2) is 46.9 Å². The second-order valence-electron chi connectivity index (χ2n) is 8.24. The van der Waals surface area contributed by atoms with Crippen LogP contribution in [0.5, 0.6) is 5.75 Å². The second kappa shape index (κ2) is 10.5. The summed E-state index contributed by atoms with van der Waals surface area (Å²) in [5, 5.41) is 7.34. The zero-order valence-corrected chi connectivity index (χ0v) is 22.4. The Morgan fingerprint density at radius 1 is 1.14 bits per heavy atom. The Labute approximate surface area is 217 Å². The van der Waals surface area contributed by atoms with Gasteiger partial charge >= 0.3 is 5.97 Å². The molecule has 9 nitrogen and oxygen atoms in total. The van der Waals surface area contributed by atoms with E-state index in [-0.39, 0.29) is 18.6 Å². The van der Waals surface area contributed by atoms with E-state index in [2.05, 4.69) is 26.3 Å². The quantitative estimate of drug-likeness (QED) is 0.294. The minimum atomic E-state index is -0.471. The molecular formula is C26H28BrN5O4. The van der Waals surface area contributed by atoms with Gasteiger partial charge in [-0.05, 0) is 63.6 Å². The van der Waals surface area contributed by atoms with Gasteiger partial charge in [-0.1, -0.05) is 28.1 Å². The lowest BCUT2D eigenvalue weighted by Crippen LogP contribution is -2.21. The normalized spacial score (nSPS) is 11.9. The van der Waals surface area contributed by atoms with E-state index in [0.717, 1.165) is 15.7 Å². The van der Waals surface area contributed by atoms with Crippen molar-refractivity contribution in [2.45, 2.75) is 40.3 Å². The number of hydrogen-bond donors (Lipinski definition) is 1. The molecule has 1 amide bonds. The van der Waals surface area contributed by atoms with Crippen LogP contribution in [-0.2, 0) is 11.3 Å². The van der Waals surface area contributed by atoms with Gasteiger partial charge in [0.15, 0.2) is 0 Å². The summed E-state index contributed by atoms with van der Waals surface area (Å²) < 4.78 is 15.4. The zero-order chi connectivity index (χ0) is 26.0. The van der Waals surface area contributed by atoms with Gasteiger partial charge < -0.3 is 9.47 Å². The molecule has 10 heteroatoms. The molecular weight excluding hydrogens is 526 g/mol. The van der Waals surface area contributed by atoms with E-state index in [1.54, 1.807) is 29.8 Å². The molecule has 2 heterocycles. The van der Waals surface area contributed by atoms with Gasteiger partial charge in [-0.2, -0.15) is 5.10 Å². The lowest BCUT2D eigenvalue weighted by atomic mass is 10.1. The minimum Gasteiger partial charge on any atom is -0.494 e. The van der Waals surface area contributed by atoms with Crippen molar-refractivity contribution in [1.82, 2.24) is 19.3 Å². The molecule has 0 bridgehead atoms. The first-order valence-electron chi connectivity index (χ1n) is 11.7. The molecule has 0 aliphatic heterocycles. The topological polar surface area (TPSA) is 100 Å². The number of fused-ring (bicyclic) bond motifs is 1. The Bertz CT molecular complexity index is 1420. The largest absolute Gasteiger partial charge is 0.494 e. The second-order valence-corrected chi connectivity index (χ2v) is 9.16. The molecule has 0 aliphatic carbocycles. The van der Waals surface area contributed by atoms with E-state index in [1.165, 1.54) is 7.11 Å². The molecule has 2 aromatic heterocycles. The predicted molar refractivity (Wildman–Crippen MR) is 141 cm³/mol. The summed E-state index contributed by atoms with van der Waals surface area (Å²) in [5.74, 6) is -0.0316. The number of aromatic nitrogens is 4. The number of anilines is 1. The first-order chi connectivity index (χ1) is 17.3. The van der Waals surface area contributed by atoms with Crippen molar-refractivity contribution in [3.63, 3.8) is 0 Å². The molecule has 1 atom stereocenters. The molecule has 36 heavy (non-hydrogen) atoms. The van der Waals surface area contributed by atoms with Gasteiger partial charge in [-0.15, -0.1) is 0 Å². The molecule has 0 aliphatic rings. The molecule has 0 saturated heterocycles. The molecule has 4 aromatic rings. The average Bonchev–Trinajstić information content (AvgIpc) is 3.43. The van der Waals surface area contributed by atoms with Crippen LogP contribution in [-0.4, -0.2) is 44.9 Å². The van der Waals surface area contributed by atoms with Gasteiger partial charge in [0.1, 0.15) is 17.0 Å². The van der Waals surface area contributed by atoms with Gasteiger partial charge in [-0.25, -0.2) is 9.78 Å². The van der Waals surface area contributed by atoms with Crippen LogP contribution in [0.25, 0.3) is 11.0 Å². The van der Waals surface area contributed by atoms with Crippen LogP contribution < -0.4 is 10.1 Å². The maximum atomic E-state index is 13.3. The lowest BCUT2D eigenvalue weighted by molar-refractivity contribution is 0.0526. The minimum absolute atomic E-state index is 0.224. The zero-order valence-electron chi connectivity index (χ0n) is 20.8. The maximum absolute atomic E-state index is 13.3. The van der Waals surface area contributed by atoms with Gasteiger partial charge in [-0.3, -0.25) is 19.4 Å². The number of methoxy groups -OCH3 is 1. The number of rotatable bonds is 8. The Morgan fingerprint density at radius 2 is 1.86 bits per heavy atom. The molecule has 1 N–H and O–H groups in total. The highest BCUT2D eigenvalue weighted by atomic mass is 79.9. The van der Waals surface area contributed by atoms with E-state index >= 15 is 0 Å². The van der Waals surface area contributed by atoms with E-state index in [4.69, 9.17) is 14.5 Å². The van der Waals surface area contributed by atoms with E-state index in [0.29, 0.717) is 40.5 Å². The SMILES string of the molecule is CCOC(=O)c1cc(OC)c2c(c1)nc(NC(=O)c1cc(C)nn1CC)n2C(C)c1ccc(Br)cc1. The summed E-state index contributed by atoms with van der Waals surface area (Å²) in [7, 11) is 1.53. The summed E-state index contributed by atoms with van der Waals surface area (Å²) in [6.45, 7) is 8.34. The van der Waals surface area contributed by atoms with Crippen LogP contribution in [0.3, 0.4) is 0 Å². The number of aryl methyl sites for hydroxylation is 2. The first kappa shape index (κ1) is 25.4. The predicted octanol–water partition coefficient (Wildman–Crippen LogP) is 5.37. The molecule has 0 fully saturated rings. The van der Waals surface area contributed by atoms with Gasteiger partial charge in [0.05, 0.1) is 36.5 Å². The highest BCUT2D eigenvalue weighted by Gasteiger charge is 2.25. The molecule has 0 saturated carbocycles. The van der Waals surface area contributed by atoms with Crippen molar-refractivity contribution in [2.75, 3.05) is 19.0 Å². The Balaban J connectivity index is 1.89. The number of benzene rings is 2. The Hall–Kier alpha value is -3.66. The van der Waals surface area contributed by atoms with Crippen molar-refractivity contribution in [3.8, 4) is 5.75 Å². The highest BCUT2D eigenvalue weighted by Crippen LogP contribution is 2.36. The fourth-order valence-corrected chi connectivity index (χ4v) is 4.44. The third kappa shape index (κ3) is 4.86. The standard InChI is InChI=1S/C26H28BrN5O4/c1-6-31-21(12-15(3)30-31)24(33)29-26-28-20-13-18(25(34)36-7-2)14-22(35-5)23(20)32(26)16(4)17-8-10-19(27)11-9-17/h8-14,16H,6-7H2,1-5H3,(H,28,29,33). The summed E-state index contributed by atoms with van der Waals surface area (Å²) in [4.78, 5) is 30.5. The van der Waals surface area contributed by atoms with Crippen LogP contribution in [0.1, 0.15) is 58.9 Å². The van der Waals surface area contributed by atoms with Gasteiger partial charge in [0, 0.05) is 11.0 Å². The van der Waals surface area contributed by atoms with Crippen molar-refractivity contribution < 1.29 is 19.1 Å². The van der Waals surface area contributed by atoms with Crippen molar-refractivity contribution in [2.24, 2.45) is 0 Å². The molecule has 0 spiro atoms. The molecule has 0 radical (unpaired) electrons. The Kier molecular flexibility index (Phi) is 7.44. The fourth-order valence-electron chi connectivity index (χ4n) is 4.17. The molecule has 2 aromatic carbocycles. The smallest absolute Gasteiger partial charge is 0.338 e. The average molecular weight is 554 g/mol. The van der Waals surface area contributed by atoms with Crippen molar-refractivity contribution in [3.05, 3.63) is 69.5 Å². The molecule has 4 rings (SSSR count). The lowest BCUT2D eigenvalue weighted by Gasteiger charge is -2.20. The monoisotopic (exact) mass is 553 g/mol. The summed E-state index contributed by atoms with van der Waals surface area (Å²) >= 11 is 3.48. The fraction of sp³-hybridized carbons (Fsp3) is 0.308. The number of hydrogen-bond acceptors (Lipinski definition) is 6. The third-order valence-corrected chi connectivity index (χ3v) is 6.41. The van der Waals surface area contributed by atoms with Crippen molar-refractivity contribution in [1.29, 1.82) is 0 Å². The number of halogens is 1. The number of nitrogens with one attached hydrogen (secondary N) is 1. The van der Waals surface area contributed by atoms with Crippen LogP contribution in [0.2, 0.25) is 0 Å². The number of ether oxygens (including phenoxy) is 2. The van der Waals surface area contributed by atoms with E-state index in [1.807, 2.05) is 49.6 Å². The number of esters is 1. The summed E-state index contributed by atoms with van der Waals surface area (Å²) in [6.07, 6.45) is 0. The summed E-state index contributed by atoms with van der Waals surface area (Å²) in [5.41, 5.74) is 3.65.